The predicted octanol–water partition coefficient (Wildman–Crippen LogP) is 1.67. The molecule has 0 radical (unpaired) electrons. The molecule has 3 aliphatic heterocycles. The van der Waals surface area contributed by atoms with Gasteiger partial charge < -0.3 is 19.7 Å². The zero-order valence-electron chi connectivity index (χ0n) is 14.4. The largest absolute Gasteiger partial charge is 0.497 e. The summed E-state index contributed by atoms with van der Waals surface area (Å²) in [6.45, 7) is 1.96. The highest BCUT2D eigenvalue weighted by molar-refractivity contribution is 6.26. The van der Waals surface area contributed by atoms with E-state index in [1.165, 1.54) is 0 Å². The molecule has 7 nitrogen and oxygen atoms in total. The molecule has 3 heterocycles. The Kier molecular flexibility index (Phi) is 3.04. The number of carbonyl (C=O) groups excluding carboxylic acids is 2. The smallest absolute Gasteiger partial charge is 0.323 e. The second-order valence-electron chi connectivity index (χ2n) is 7.66. The van der Waals surface area contributed by atoms with Crippen LogP contribution < -0.4 is 4.74 Å². The lowest BCUT2D eigenvalue weighted by atomic mass is 9.52. The van der Waals surface area contributed by atoms with Crippen LogP contribution in [-0.4, -0.2) is 42.1 Å². The summed E-state index contributed by atoms with van der Waals surface area (Å²) in [5, 5.41) is 0. The second-order valence-corrected chi connectivity index (χ2v) is 7.66. The maximum Gasteiger partial charge on any atom is 0.323 e. The predicted molar refractivity (Wildman–Crippen MR) is 87.6 cm³/mol. The van der Waals surface area contributed by atoms with Gasteiger partial charge in [-0.1, -0.05) is 13.0 Å². The Morgan fingerprint density at radius 2 is 2.19 bits per heavy atom. The maximum absolute atomic E-state index is 13.0. The van der Waals surface area contributed by atoms with E-state index in [4.69, 9.17) is 19.7 Å². The van der Waals surface area contributed by atoms with Crippen LogP contribution in [0.25, 0.3) is 5.53 Å². The Labute approximate surface area is 149 Å². The van der Waals surface area contributed by atoms with Gasteiger partial charge in [0.15, 0.2) is 0 Å². The summed E-state index contributed by atoms with van der Waals surface area (Å²) in [7, 11) is 1.60. The van der Waals surface area contributed by atoms with Gasteiger partial charge in [-0.2, -0.15) is 4.79 Å². The van der Waals surface area contributed by atoms with E-state index in [1.807, 2.05) is 25.1 Å². The molecule has 3 unspecified atom stereocenters. The van der Waals surface area contributed by atoms with Crippen LogP contribution in [0.5, 0.6) is 5.75 Å². The average Bonchev–Trinajstić information content (AvgIpc) is 3.11. The Bertz CT molecular complexity index is 892. The molecule has 2 aliphatic carbocycles. The molecular formula is C19H18N2O5. The molecule has 5 aliphatic rings. The topological polar surface area (TPSA) is 98.2 Å². The van der Waals surface area contributed by atoms with Crippen molar-refractivity contribution < 1.29 is 28.6 Å². The van der Waals surface area contributed by atoms with Crippen molar-refractivity contribution in [1.82, 2.24) is 0 Å². The molecule has 26 heavy (non-hydrogen) atoms. The number of carbonyl (C=O) groups is 2. The van der Waals surface area contributed by atoms with Gasteiger partial charge in [-0.25, -0.2) is 0 Å². The van der Waals surface area contributed by atoms with Gasteiger partial charge in [0, 0.05) is 24.2 Å². The Hall–Kier alpha value is -2.50. The fourth-order valence-electron chi connectivity index (χ4n) is 5.82. The van der Waals surface area contributed by atoms with Crippen molar-refractivity contribution in [2.45, 2.75) is 37.6 Å². The molecule has 1 aromatic carbocycles. The minimum absolute atomic E-state index is 0.00914. The number of hydrogen-bond donors (Lipinski definition) is 0. The summed E-state index contributed by atoms with van der Waals surface area (Å²) < 4.78 is 17.4. The van der Waals surface area contributed by atoms with Crippen LogP contribution in [0.1, 0.15) is 36.5 Å². The molecule has 0 N–H and O–H groups in total. The summed E-state index contributed by atoms with van der Waals surface area (Å²) >= 11 is 0. The maximum atomic E-state index is 13.0. The van der Waals surface area contributed by atoms with Crippen LogP contribution in [0.15, 0.2) is 18.2 Å². The molecular weight excluding hydrogens is 336 g/mol. The summed E-state index contributed by atoms with van der Waals surface area (Å²) in [6.07, 6.45) is 0.170. The molecule has 1 saturated carbocycles. The van der Waals surface area contributed by atoms with E-state index in [9.17, 15) is 9.59 Å². The summed E-state index contributed by atoms with van der Waals surface area (Å²) in [5.41, 5.74) is 9.76. The number of fused-ring (bicyclic) bond motifs is 3. The zero-order chi connectivity index (χ0) is 18.2. The molecule has 3 saturated heterocycles. The second kappa shape index (κ2) is 5.02. The van der Waals surface area contributed by atoms with Crippen LogP contribution in [-0.2, 0) is 19.1 Å². The zero-order valence-corrected chi connectivity index (χ0v) is 14.4. The van der Waals surface area contributed by atoms with Crippen molar-refractivity contribution >= 4 is 18.0 Å². The Morgan fingerprint density at radius 3 is 2.92 bits per heavy atom. The third-order valence-electron chi connectivity index (χ3n) is 6.83. The van der Waals surface area contributed by atoms with E-state index >= 15 is 0 Å². The molecule has 7 atom stereocenters. The van der Waals surface area contributed by atoms with Crippen LogP contribution >= 0.6 is 0 Å². The number of Topliss-reactive ketones (excluding diaryl/α,β-unsaturated/α-hetero) is 1. The van der Waals surface area contributed by atoms with Gasteiger partial charge in [-0.3, -0.25) is 9.59 Å². The SMILES string of the molecule is COc1ccc2c(c1)C1C3[C@H]4OC(=O)[C@]1(CC(=O)C=[N+]=[N-])[C@@H](C)C4O[C@@H]23. The number of benzene rings is 1. The van der Waals surface area contributed by atoms with Crippen molar-refractivity contribution in [2.75, 3.05) is 7.11 Å². The highest BCUT2D eigenvalue weighted by atomic mass is 16.6. The standard InChI is InChI=1S/C19H18N2O5/c1-8-15-17-13-14(19(8,18(23)26-17)6-9(22)7-21-20)12-5-10(24-2)3-4-11(12)16(13)25-15/h3-5,7-8,13-17H,6H2,1-2H3/t8-,13?,14?,15?,16-,17+,19+/m0/s1. The van der Waals surface area contributed by atoms with Gasteiger partial charge in [0.2, 0.25) is 5.78 Å². The van der Waals surface area contributed by atoms with E-state index in [-0.39, 0.29) is 48.5 Å². The van der Waals surface area contributed by atoms with Gasteiger partial charge in [0.05, 0.1) is 24.7 Å². The number of methoxy groups -OCH3 is 1. The van der Waals surface area contributed by atoms with Crippen LogP contribution in [0.3, 0.4) is 0 Å². The van der Waals surface area contributed by atoms with E-state index in [0.29, 0.717) is 5.75 Å². The van der Waals surface area contributed by atoms with Gasteiger partial charge in [0.1, 0.15) is 11.9 Å². The van der Waals surface area contributed by atoms with Crippen molar-refractivity contribution in [2.24, 2.45) is 17.3 Å². The lowest BCUT2D eigenvalue weighted by Crippen LogP contribution is -2.64. The van der Waals surface area contributed by atoms with E-state index < -0.39 is 11.2 Å². The van der Waals surface area contributed by atoms with Gasteiger partial charge >= 0.3 is 12.2 Å². The molecule has 0 spiro atoms. The fourth-order valence-corrected chi connectivity index (χ4v) is 5.82. The first-order valence-corrected chi connectivity index (χ1v) is 8.77. The minimum Gasteiger partial charge on any atom is -0.497 e. The number of ether oxygens (including phenoxy) is 3. The van der Waals surface area contributed by atoms with Crippen molar-refractivity contribution in [3.8, 4) is 5.75 Å². The molecule has 4 fully saturated rings. The van der Waals surface area contributed by atoms with E-state index in [2.05, 4.69) is 4.79 Å². The van der Waals surface area contributed by atoms with Crippen LogP contribution in [0.2, 0.25) is 0 Å². The van der Waals surface area contributed by atoms with Crippen molar-refractivity contribution in [1.29, 1.82) is 0 Å². The van der Waals surface area contributed by atoms with Gasteiger partial charge in [0.25, 0.3) is 0 Å². The number of esters is 1. The highest BCUT2D eigenvalue weighted by Gasteiger charge is 2.76. The Morgan fingerprint density at radius 1 is 1.38 bits per heavy atom. The lowest BCUT2D eigenvalue weighted by molar-refractivity contribution is -0.213. The van der Waals surface area contributed by atoms with Crippen LogP contribution in [0.4, 0.5) is 0 Å². The summed E-state index contributed by atoms with van der Waals surface area (Å²) in [6, 6.07) is 5.82. The first-order valence-electron chi connectivity index (χ1n) is 8.77. The molecule has 1 aromatic rings. The van der Waals surface area contributed by atoms with E-state index in [0.717, 1.165) is 17.3 Å². The normalized spacial score (nSPS) is 40.6. The molecule has 6 rings (SSSR count). The molecule has 0 aromatic heterocycles. The number of ketones is 1. The summed E-state index contributed by atoms with van der Waals surface area (Å²) in [5.74, 6) is -0.379. The first kappa shape index (κ1) is 15.7. The minimum atomic E-state index is -1.02. The number of hydrogen-bond acceptors (Lipinski definition) is 5. The summed E-state index contributed by atoms with van der Waals surface area (Å²) in [4.78, 5) is 28.2. The number of nitrogens with zero attached hydrogens (tertiary/aromatic N) is 2. The highest BCUT2D eigenvalue weighted by Crippen LogP contribution is 2.71. The molecule has 134 valence electrons. The van der Waals surface area contributed by atoms with Gasteiger partial charge in [-0.05, 0) is 23.3 Å². The van der Waals surface area contributed by atoms with Crippen molar-refractivity contribution in [3.63, 3.8) is 0 Å². The first-order chi connectivity index (χ1) is 12.5. The average molecular weight is 354 g/mol. The number of rotatable bonds is 4. The Balaban J connectivity index is 1.72. The van der Waals surface area contributed by atoms with Crippen LogP contribution in [0, 0.1) is 17.3 Å². The lowest BCUT2D eigenvalue weighted by Gasteiger charge is -2.55. The quantitative estimate of drug-likeness (QED) is 0.354. The van der Waals surface area contributed by atoms with E-state index in [1.54, 1.807) is 7.11 Å². The fraction of sp³-hybridized carbons (Fsp3) is 0.526. The molecule has 4 bridgehead atoms. The molecule has 7 heteroatoms. The van der Waals surface area contributed by atoms with Crippen molar-refractivity contribution in [3.05, 3.63) is 34.9 Å². The monoisotopic (exact) mass is 354 g/mol. The third kappa shape index (κ3) is 1.63. The molecule has 0 amide bonds. The third-order valence-corrected chi connectivity index (χ3v) is 6.83. The van der Waals surface area contributed by atoms with Gasteiger partial charge in [-0.15, -0.1) is 0 Å².